The molecule has 54 valence electrons. The second kappa shape index (κ2) is 2.64. The number of amides is 2. The van der Waals surface area contributed by atoms with Gasteiger partial charge < -0.3 is 0 Å². The van der Waals surface area contributed by atoms with Crippen LogP contribution in [0.5, 0.6) is 0 Å². The van der Waals surface area contributed by atoms with E-state index in [0.29, 0.717) is 0 Å². The van der Waals surface area contributed by atoms with Gasteiger partial charge in [0, 0.05) is 12.3 Å². The van der Waals surface area contributed by atoms with E-state index in [-0.39, 0.29) is 10.9 Å². The second-order valence-electron chi connectivity index (χ2n) is 1.61. The van der Waals surface area contributed by atoms with E-state index in [9.17, 15) is 9.59 Å². The lowest BCUT2D eigenvalue weighted by Crippen LogP contribution is -2.22. The molecule has 0 aromatic heterocycles. The molecule has 0 aliphatic carbocycles. The topological polar surface area (TPSA) is 37.4 Å². The molecule has 1 aliphatic rings. The first-order valence-corrected chi connectivity index (χ1v) is 4.02. The zero-order chi connectivity index (χ0) is 7.72. The van der Waals surface area contributed by atoms with E-state index in [1.807, 2.05) is 0 Å². The number of hydrogen-bond acceptors (Lipinski definition) is 3. The number of halogens is 1. The summed E-state index contributed by atoms with van der Waals surface area (Å²) in [6.07, 6.45) is 2.75. The summed E-state index contributed by atoms with van der Waals surface area (Å²) in [6.45, 7) is 0. The van der Waals surface area contributed by atoms with Gasteiger partial charge in [-0.3, -0.25) is 9.59 Å². The molecule has 0 fully saturated rings. The Kier molecular flexibility index (Phi) is 2.01. The van der Waals surface area contributed by atoms with Crippen molar-refractivity contribution in [3.05, 3.63) is 11.1 Å². The molecule has 0 unspecified atom stereocenters. The Balaban J connectivity index is 2.87. The van der Waals surface area contributed by atoms with E-state index in [1.165, 1.54) is 0 Å². The van der Waals surface area contributed by atoms with Crippen LogP contribution in [-0.4, -0.2) is 22.4 Å². The molecular formula is C5H4ClNO2S. The Morgan fingerprint density at radius 2 is 2.20 bits per heavy atom. The largest absolute Gasteiger partial charge is 0.282 e. The fourth-order valence-corrected chi connectivity index (χ4v) is 1.32. The molecule has 0 saturated heterocycles. The van der Waals surface area contributed by atoms with Crippen LogP contribution in [-0.2, 0) is 9.59 Å². The first-order chi connectivity index (χ1) is 4.66. The molecular weight excluding hydrogens is 174 g/mol. The van der Waals surface area contributed by atoms with Crippen LogP contribution in [0, 0.1) is 0 Å². The number of carbonyl (C=O) groups is 2. The molecule has 0 spiro atoms. The van der Waals surface area contributed by atoms with Crippen molar-refractivity contribution in [2.45, 2.75) is 0 Å². The first kappa shape index (κ1) is 7.63. The van der Waals surface area contributed by atoms with Gasteiger partial charge in [-0.15, -0.1) is 0 Å². The highest BCUT2D eigenvalue weighted by Gasteiger charge is 2.29. The van der Waals surface area contributed by atoms with E-state index in [2.05, 4.69) is 0 Å². The van der Waals surface area contributed by atoms with Crippen LogP contribution in [0.3, 0.4) is 0 Å². The summed E-state index contributed by atoms with van der Waals surface area (Å²) in [6, 6.07) is 0. The maximum Gasteiger partial charge on any atom is 0.282 e. The van der Waals surface area contributed by atoms with Gasteiger partial charge in [0.05, 0.1) is 0 Å². The summed E-state index contributed by atoms with van der Waals surface area (Å²) in [5.41, 5.74) is 0. The zero-order valence-corrected chi connectivity index (χ0v) is 6.70. The Labute approximate surface area is 67.1 Å². The highest BCUT2D eigenvalue weighted by molar-refractivity contribution is 7.97. The minimum Gasteiger partial charge on any atom is -0.268 e. The molecule has 0 saturated carbocycles. The van der Waals surface area contributed by atoms with Gasteiger partial charge in [-0.2, -0.15) is 0 Å². The average molecular weight is 178 g/mol. The molecule has 1 aliphatic heterocycles. The molecule has 0 aromatic rings. The van der Waals surface area contributed by atoms with Crippen LogP contribution in [0.15, 0.2) is 11.1 Å². The third-order valence-corrected chi connectivity index (χ3v) is 2.00. The Morgan fingerprint density at radius 3 is 2.40 bits per heavy atom. The van der Waals surface area contributed by atoms with Crippen LogP contribution in [0.2, 0.25) is 0 Å². The number of nitrogens with zero attached hydrogens (tertiary/aromatic N) is 1. The maximum atomic E-state index is 10.8. The smallest absolute Gasteiger partial charge is 0.268 e. The highest BCUT2D eigenvalue weighted by Crippen LogP contribution is 2.21. The van der Waals surface area contributed by atoms with Crippen LogP contribution >= 0.6 is 23.5 Å². The Morgan fingerprint density at radius 1 is 1.60 bits per heavy atom. The van der Waals surface area contributed by atoms with Crippen LogP contribution in [0.1, 0.15) is 0 Å². The summed E-state index contributed by atoms with van der Waals surface area (Å²) in [7, 11) is 0. The van der Waals surface area contributed by atoms with Gasteiger partial charge in [0.15, 0.2) is 0 Å². The normalized spacial score (nSPS) is 18.2. The lowest BCUT2D eigenvalue weighted by Gasteiger charge is -2.06. The van der Waals surface area contributed by atoms with Crippen molar-refractivity contribution in [1.29, 1.82) is 0 Å². The molecule has 3 nitrogen and oxygen atoms in total. The van der Waals surface area contributed by atoms with Gasteiger partial charge in [-0.25, -0.2) is 4.31 Å². The average Bonchev–Trinajstić information content (AvgIpc) is 2.09. The minimum atomic E-state index is -0.431. The molecule has 10 heavy (non-hydrogen) atoms. The van der Waals surface area contributed by atoms with Crippen molar-refractivity contribution < 1.29 is 9.59 Å². The molecule has 0 aromatic carbocycles. The van der Waals surface area contributed by atoms with Crippen molar-refractivity contribution in [3.63, 3.8) is 0 Å². The number of carbonyl (C=O) groups excluding carboxylic acids is 2. The number of rotatable bonds is 1. The fourth-order valence-electron chi connectivity index (χ4n) is 0.599. The quantitative estimate of drug-likeness (QED) is 0.438. The SMILES string of the molecule is CSN1C(=O)C=C(Cl)C1=O. The summed E-state index contributed by atoms with van der Waals surface area (Å²) < 4.78 is 1.00. The lowest BCUT2D eigenvalue weighted by atomic mass is 10.6. The van der Waals surface area contributed by atoms with Crippen LogP contribution in [0.4, 0.5) is 0 Å². The lowest BCUT2D eigenvalue weighted by molar-refractivity contribution is -0.130. The molecule has 0 N–H and O–H groups in total. The monoisotopic (exact) mass is 177 g/mol. The Hall–Kier alpha value is -0.480. The third kappa shape index (κ3) is 1.04. The second-order valence-corrected chi connectivity index (χ2v) is 2.75. The molecule has 1 heterocycles. The summed E-state index contributed by atoms with van der Waals surface area (Å²) in [4.78, 5) is 21.6. The predicted molar refractivity (Wildman–Crippen MR) is 39.3 cm³/mol. The highest BCUT2D eigenvalue weighted by atomic mass is 35.5. The van der Waals surface area contributed by atoms with Gasteiger partial charge in [-0.1, -0.05) is 11.6 Å². The summed E-state index contributed by atoms with van der Waals surface area (Å²) in [5, 5.41) is -0.0145. The maximum absolute atomic E-state index is 10.8. The summed E-state index contributed by atoms with van der Waals surface area (Å²) in [5.74, 6) is -0.790. The van der Waals surface area contributed by atoms with Crippen molar-refractivity contribution in [1.82, 2.24) is 4.31 Å². The predicted octanol–water partition coefficient (Wildman–Crippen LogP) is 0.756. The van der Waals surface area contributed by atoms with E-state index >= 15 is 0 Å². The van der Waals surface area contributed by atoms with Crippen molar-refractivity contribution in [3.8, 4) is 0 Å². The zero-order valence-electron chi connectivity index (χ0n) is 5.13. The minimum absolute atomic E-state index is 0.0145. The van der Waals surface area contributed by atoms with E-state index < -0.39 is 5.91 Å². The van der Waals surface area contributed by atoms with Gasteiger partial charge in [-0.05, 0) is 11.9 Å². The number of hydrogen-bond donors (Lipinski definition) is 0. The number of imide groups is 1. The molecule has 5 heteroatoms. The van der Waals surface area contributed by atoms with Crippen LogP contribution < -0.4 is 0 Å². The van der Waals surface area contributed by atoms with Gasteiger partial charge in [0.2, 0.25) is 0 Å². The van der Waals surface area contributed by atoms with E-state index in [4.69, 9.17) is 11.6 Å². The summed E-state index contributed by atoms with van der Waals surface area (Å²) >= 11 is 6.42. The molecule has 1 rings (SSSR count). The van der Waals surface area contributed by atoms with Crippen molar-refractivity contribution >= 4 is 35.4 Å². The molecule has 2 amide bonds. The van der Waals surface area contributed by atoms with Crippen molar-refractivity contribution in [2.75, 3.05) is 6.26 Å². The first-order valence-electron chi connectivity index (χ1n) is 2.46. The molecule has 0 atom stereocenters. The van der Waals surface area contributed by atoms with E-state index in [0.717, 1.165) is 22.3 Å². The Bertz CT molecular complexity index is 226. The molecule has 0 radical (unpaired) electrons. The van der Waals surface area contributed by atoms with Crippen LogP contribution in [0.25, 0.3) is 0 Å². The third-order valence-electron chi connectivity index (χ3n) is 1.02. The van der Waals surface area contributed by atoms with Gasteiger partial charge in [0.25, 0.3) is 11.8 Å². The standard InChI is InChI=1S/C5H4ClNO2S/c1-10-7-4(8)2-3(6)5(7)9/h2H,1H3. The van der Waals surface area contributed by atoms with Crippen molar-refractivity contribution in [2.24, 2.45) is 0 Å². The van der Waals surface area contributed by atoms with E-state index in [1.54, 1.807) is 6.26 Å². The molecule has 0 bridgehead atoms. The fraction of sp³-hybridized carbons (Fsp3) is 0.200. The van der Waals surface area contributed by atoms with Gasteiger partial charge >= 0.3 is 0 Å². The van der Waals surface area contributed by atoms with Gasteiger partial charge in [0.1, 0.15) is 5.03 Å².